The van der Waals surface area contributed by atoms with Gasteiger partial charge in [0, 0.05) is 0 Å². The maximum atomic E-state index is 10.5. The molecule has 0 aliphatic rings. The van der Waals surface area contributed by atoms with Gasteiger partial charge in [0.05, 0.1) is 6.26 Å². The van der Waals surface area contributed by atoms with Crippen LogP contribution in [0, 0.1) is 0 Å². The summed E-state index contributed by atoms with van der Waals surface area (Å²) in [7, 11) is -3.52. The highest BCUT2D eigenvalue weighted by molar-refractivity contribution is 7.85. The van der Waals surface area contributed by atoms with Crippen LogP contribution in [0.5, 0.6) is 0 Å². The topological polar surface area (TPSA) is 52.6 Å². The number of hydrogen-bond donors (Lipinski definition) is 0. The van der Waals surface area contributed by atoms with E-state index in [0.717, 1.165) is 11.8 Å². The number of hydrogen-bond acceptors (Lipinski definition) is 4. The zero-order chi connectivity index (χ0) is 9.73. The van der Waals surface area contributed by atoms with E-state index in [1.165, 1.54) is 0 Å². The molecule has 4 nitrogen and oxygen atoms in total. The fraction of sp³-hybridized carbons (Fsp3) is 0.250. The van der Waals surface area contributed by atoms with Crippen LogP contribution in [-0.4, -0.2) is 14.7 Å². The fourth-order valence-electron chi connectivity index (χ4n) is 0.754. The minimum Gasteiger partial charge on any atom is -0.215 e. The Morgan fingerprint density at radius 2 is 1.85 bits per heavy atom. The molecule has 0 unspecified atom stereocenters. The zero-order valence-corrected chi connectivity index (χ0v) is 7.95. The van der Waals surface area contributed by atoms with Crippen LogP contribution < -0.4 is 0 Å². The lowest BCUT2D eigenvalue weighted by atomic mass is 10.2. The van der Waals surface area contributed by atoms with Crippen LogP contribution in [-0.2, 0) is 25.9 Å². The molecule has 72 valence electrons. The molecular weight excluding hydrogens is 192 g/mol. The van der Waals surface area contributed by atoms with Gasteiger partial charge in [-0.3, -0.25) is 0 Å². The predicted molar refractivity (Wildman–Crippen MR) is 47.2 cm³/mol. The molecule has 0 aliphatic heterocycles. The first-order valence-corrected chi connectivity index (χ1v) is 5.44. The van der Waals surface area contributed by atoms with Crippen molar-refractivity contribution in [2.45, 2.75) is 6.61 Å². The molecule has 0 atom stereocenters. The molecular formula is C8H10O4S. The summed E-state index contributed by atoms with van der Waals surface area (Å²) in [5.74, 6) is 0. The van der Waals surface area contributed by atoms with E-state index in [1.54, 1.807) is 0 Å². The van der Waals surface area contributed by atoms with Gasteiger partial charge in [0.1, 0.15) is 6.61 Å². The zero-order valence-electron chi connectivity index (χ0n) is 7.14. The SMILES string of the molecule is CS(=O)(=O)OOCc1ccccc1. The van der Waals surface area contributed by atoms with Crippen molar-refractivity contribution in [3.8, 4) is 0 Å². The smallest absolute Gasteiger partial charge is 0.215 e. The first kappa shape index (κ1) is 10.2. The van der Waals surface area contributed by atoms with Crippen molar-refractivity contribution in [3.63, 3.8) is 0 Å². The average molecular weight is 202 g/mol. The monoisotopic (exact) mass is 202 g/mol. The summed E-state index contributed by atoms with van der Waals surface area (Å²) >= 11 is 0. The highest BCUT2D eigenvalue weighted by Gasteiger charge is 2.01. The molecule has 0 saturated heterocycles. The molecule has 1 aromatic carbocycles. The number of rotatable bonds is 4. The van der Waals surface area contributed by atoms with Crippen LogP contribution in [0.3, 0.4) is 0 Å². The third-order valence-corrected chi connectivity index (χ3v) is 1.58. The van der Waals surface area contributed by atoms with Crippen LogP contribution in [0.4, 0.5) is 0 Å². The van der Waals surface area contributed by atoms with Crippen molar-refractivity contribution in [2.24, 2.45) is 0 Å². The van der Waals surface area contributed by atoms with E-state index in [4.69, 9.17) is 0 Å². The molecule has 13 heavy (non-hydrogen) atoms. The molecule has 0 N–H and O–H groups in total. The van der Waals surface area contributed by atoms with Crippen LogP contribution in [0.2, 0.25) is 0 Å². The van der Waals surface area contributed by atoms with Crippen molar-refractivity contribution in [1.82, 2.24) is 0 Å². The maximum Gasteiger partial charge on any atom is 0.290 e. The normalized spacial score (nSPS) is 11.5. The van der Waals surface area contributed by atoms with Crippen molar-refractivity contribution in [3.05, 3.63) is 35.9 Å². The van der Waals surface area contributed by atoms with E-state index in [-0.39, 0.29) is 6.61 Å². The van der Waals surface area contributed by atoms with Gasteiger partial charge in [-0.05, 0) is 5.56 Å². The second-order valence-electron chi connectivity index (χ2n) is 2.52. The Bertz CT molecular complexity index is 344. The molecule has 0 heterocycles. The summed E-state index contributed by atoms with van der Waals surface area (Å²) in [5, 5.41) is 0. The van der Waals surface area contributed by atoms with E-state index in [1.807, 2.05) is 30.3 Å². The second kappa shape index (κ2) is 4.36. The Morgan fingerprint density at radius 1 is 1.23 bits per heavy atom. The van der Waals surface area contributed by atoms with Gasteiger partial charge in [0.25, 0.3) is 10.1 Å². The van der Waals surface area contributed by atoms with Gasteiger partial charge >= 0.3 is 0 Å². The van der Waals surface area contributed by atoms with Crippen molar-refractivity contribution < 1.29 is 17.6 Å². The van der Waals surface area contributed by atoms with Gasteiger partial charge in [-0.1, -0.05) is 30.3 Å². The quantitative estimate of drug-likeness (QED) is 0.542. The lowest BCUT2D eigenvalue weighted by Gasteiger charge is -2.00. The van der Waals surface area contributed by atoms with Crippen molar-refractivity contribution >= 4 is 10.1 Å². The highest BCUT2D eigenvalue weighted by atomic mass is 32.2. The van der Waals surface area contributed by atoms with Gasteiger partial charge in [0.2, 0.25) is 0 Å². The van der Waals surface area contributed by atoms with Gasteiger partial charge in [0.15, 0.2) is 0 Å². The molecule has 0 aliphatic carbocycles. The summed E-state index contributed by atoms with van der Waals surface area (Å²) in [4.78, 5) is 4.50. The fourth-order valence-corrected chi connectivity index (χ4v) is 0.977. The van der Waals surface area contributed by atoms with E-state index < -0.39 is 10.1 Å². The van der Waals surface area contributed by atoms with Gasteiger partial charge in [-0.2, -0.15) is 8.42 Å². The Balaban J connectivity index is 2.37. The molecule has 0 spiro atoms. The molecule has 0 amide bonds. The molecule has 0 saturated carbocycles. The molecule has 1 rings (SSSR count). The number of benzene rings is 1. The Kier molecular flexibility index (Phi) is 3.41. The maximum absolute atomic E-state index is 10.5. The summed E-state index contributed by atoms with van der Waals surface area (Å²) < 4.78 is 25.1. The Labute approximate surface area is 77.2 Å². The average Bonchev–Trinajstić information content (AvgIpc) is 2.04. The largest absolute Gasteiger partial charge is 0.290 e. The first-order chi connectivity index (χ1) is 6.08. The van der Waals surface area contributed by atoms with E-state index in [0.29, 0.717) is 0 Å². The van der Waals surface area contributed by atoms with Crippen molar-refractivity contribution in [1.29, 1.82) is 0 Å². The standard InChI is InChI=1S/C8H10O4S/c1-13(9,10)12-11-7-8-5-3-2-4-6-8/h2-6H,7H2,1H3. The third-order valence-electron chi connectivity index (χ3n) is 1.24. The Morgan fingerprint density at radius 3 is 2.38 bits per heavy atom. The third kappa shape index (κ3) is 4.62. The van der Waals surface area contributed by atoms with Gasteiger partial charge < -0.3 is 0 Å². The lowest BCUT2D eigenvalue weighted by Crippen LogP contribution is -2.03. The molecule has 0 fully saturated rings. The summed E-state index contributed by atoms with van der Waals surface area (Å²) in [6.45, 7) is 0.119. The van der Waals surface area contributed by atoms with E-state index >= 15 is 0 Å². The summed E-state index contributed by atoms with van der Waals surface area (Å²) in [6, 6.07) is 9.15. The molecule has 0 aromatic heterocycles. The molecule has 0 bridgehead atoms. The van der Waals surface area contributed by atoms with E-state index in [2.05, 4.69) is 9.22 Å². The van der Waals surface area contributed by atoms with Crippen LogP contribution in [0.15, 0.2) is 30.3 Å². The molecule has 1 aromatic rings. The van der Waals surface area contributed by atoms with Gasteiger partial charge in [-0.25, -0.2) is 4.89 Å². The van der Waals surface area contributed by atoms with Gasteiger partial charge in [-0.15, -0.1) is 4.33 Å². The minimum absolute atomic E-state index is 0.119. The summed E-state index contributed by atoms with van der Waals surface area (Å²) in [6.07, 6.45) is 0.929. The lowest BCUT2D eigenvalue weighted by molar-refractivity contribution is -0.211. The minimum atomic E-state index is -3.52. The molecule has 0 radical (unpaired) electrons. The van der Waals surface area contributed by atoms with Crippen LogP contribution >= 0.6 is 0 Å². The summed E-state index contributed by atoms with van der Waals surface area (Å²) in [5.41, 5.74) is 0.853. The van der Waals surface area contributed by atoms with Crippen LogP contribution in [0.1, 0.15) is 5.56 Å². The second-order valence-corrected chi connectivity index (χ2v) is 4.06. The van der Waals surface area contributed by atoms with Crippen LogP contribution in [0.25, 0.3) is 0 Å². The first-order valence-electron chi connectivity index (χ1n) is 3.63. The van der Waals surface area contributed by atoms with E-state index in [9.17, 15) is 8.42 Å². The highest BCUT2D eigenvalue weighted by Crippen LogP contribution is 2.01. The molecule has 5 heteroatoms. The predicted octanol–water partition coefficient (Wildman–Crippen LogP) is 1.09. The Hall–Kier alpha value is -0.910. The van der Waals surface area contributed by atoms with Crippen molar-refractivity contribution in [2.75, 3.05) is 6.26 Å².